The summed E-state index contributed by atoms with van der Waals surface area (Å²) in [6, 6.07) is 16.4. The molecule has 0 heterocycles. The van der Waals surface area contributed by atoms with Crippen LogP contribution in [0.5, 0.6) is 5.75 Å². The number of aliphatic hydroxyl groups is 1. The summed E-state index contributed by atoms with van der Waals surface area (Å²) < 4.78 is 5.91. The van der Waals surface area contributed by atoms with Gasteiger partial charge in [0, 0.05) is 5.56 Å². The summed E-state index contributed by atoms with van der Waals surface area (Å²) in [5.41, 5.74) is 3.59. The Kier molecular flexibility index (Phi) is 5.59. The fourth-order valence-electron chi connectivity index (χ4n) is 2.01. The molecule has 3 N–H and O–H groups in total. The van der Waals surface area contributed by atoms with Gasteiger partial charge in [-0.3, -0.25) is 0 Å². The topological polar surface area (TPSA) is 46.1 Å². The van der Waals surface area contributed by atoms with Crippen molar-refractivity contribution < 1.29 is 15.2 Å². The molecule has 2 aromatic rings. The third-order valence-corrected chi connectivity index (χ3v) is 3.19. The Morgan fingerprint density at radius 3 is 2.55 bits per heavy atom. The second-order valence-corrected chi connectivity index (χ2v) is 4.89. The second-order valence-electron chi connectivity index (χ2n) is 4.89. The number of hydrogen-bond acceptors (Lipinski definition) is 2. The van der Waals surface area contributed by atoms with Crippen molar-refractivity contribution in [1.29, 1.82) is 0 Å². The van der Waals surface area contributed by atoms with Gasteiger partial charge in [-0.1, -0.05) is 42.0 Å². The Morgan fingerprint density at radius 1 is 1.05 bits per heavy atom. The fraction of sp³-hybridized carbons (Fsp3) is 0.294. The number of aliphatic hydroxyl groups excluding tert-OH is 1. The summed E-state index contributed by atoms with van der Waals surface area (Å²) in [7, 11) is 0. The molecule has 0 saturated heterocycles. The molecule has 0 aliphatic carbocycles. The number of hydrogen-bond donors (Lipinski definition) is 2. The molecule has 2 rings (SSSR count). The first-order valence-corrected chi connectivity index (χ1v) is 6.98. The minimum atomic E-state index is 0.201. The Labute approximate surface area is 120 Å². The zero-order valence-corrected chi connectivity index (χ0v) is 11.9. The van der Waals surface area contributed by atoms with E-state index in [9.17, 15) is 0 Å². The van der Waals surface area contributed by atoms with Crippen LogP contribution in [0.3, 0.4) is 0 Å². The number of rotatable bonds is 7. The van der Waals surface area contributed by atoms with Crippen molar-refractivity contribution in [2.75, 3.05) is 13.2 Å². The molecule has 0 unspecified atom stereocenters. The van der Waals surface area contributed by atoms with Crippen LogP contribution >= 0.6 is 0 Å². The summed E-state index contributed by atoms with van der Waals surface area (Å²) in [6.07, 6.45) is 0. The van der Waals surface area contributed by atoms with Crippen LogP contribution in [0.2, 0.25) is 0 Å². The van der Waals surface area contributed by atoms with E-state index in [1.165, 1.54) is 11.1 Å². The van der Waals surface area contributed by atoms with Crippen molar-refractivity contribution in [3.63, 3.8) is 0 Å². The largest absolute Gasteiger partial charge is 0.488 e. The van der Waals surface area contributed by atoms with Crippen LogP contribution in [0.1, 0.15) is 16.7 Å². The zero-order valence-electron chi connectivity index (χ0n) is 11.9. The van der Waals surface area contributed by atoms with Crippen LogP contribution in [0.4, 0.5) is 0 Å². The van der Waals surface area contributed by atoms with Crippen molar-refractivity contribution in [1.82, 2.24) is 0 Å². The van der Waals surface area contributed by atoms with Gasteiger partial charge in [0.1, 0.15) is 18.9 Å². The van der Waals surface area contributed by atoms with E-state index in [0.29, 0.717) is 13.2 Å². The molecule has 0 aliphatic rings. The van der Waals surface area contributed by atoms with E-state index in [-0.39, 0.29) is 6.61 Å². The first-order chi connectivity index (χ1) is 9.79. The van der Waals surface area contributed by atoms with Crippen LogP contribution in [0.25, 0.3) is 0 Å². The van der Waals surface area contributed by atoms with E-state index in [1.54, 1.807) is 0 Å². The summed E-state index contributed by atoms with van der Waals surface area (Å²) in [5.74, 6) is 0.919. The highest BCUT2D eigenvalue weighted by atomic mass is 16.5. The monoisotopic (exact) mass is 272 g/mol. The lowest BCUT2D eigenvalue weighted by Crippen LogP contribution is -2.83. The van der Waals surface area contributed by atoms with Crippen molar-refractivity contribution in [3.05, 3.63) is 65.2 Å². The summed E-state index contributed by atoms with van der Waals surface area (Å²) in [4.78, 5) is 0. The molecule has 0 spiro atoms. The number of nitrogens with two attached hydrogens (primary N) is 1. The van der Waals surface area contributed by atoms with E-state index in [4.69, 9.17) is 9.84 Å². The summed E-state index contributed by atoms with van der Waals surface area (Å²) >= 11 is 0. The average molecular weight is 272 g/mol. The first-order valence-electron chi connectivity index (χ1n) is 6.98. The first kappa shape index (κ1) is 14.6. The van der Waals surface area contributed by atoms with Crippen molar-refractivity contribution in [3.8, 4) is 5.75 Å². The fourth-order valence-corrected chi connectivity index (χ4v) is 2.01. The Morgan fingerprint density at radius 2 is 1.80 bits per heavy atom. The van der Waals surface area contributed by atoms with Gasteiger partial charge in [0.2, 0.25) is 0 Å². The highest BCUT2D eigenvalue weighted by Gasteiger charge is 2.05. The Bertz CT molecular complexity index is 523. The molecular formula is C17H22NO2+. The molecule has 0 aliphatic heterocycles. The Balaban J connectivity index is 1.96. The van der Waals surface area contributed by atoms with Gasteiger partial charge in [0.25, 0.3) is 0 Å². The molecule has 0 saturated carbocycles. The lowest BCUT2D eigenvalue weighted by atomic mass is 10.1. The maximum atomic E-state index is 8.83. The molecular weight excluding hydrogens is 250 g/mol. The second kappa shape index (κ2) is 7.68. The van der Waals surface area contributed by atoms with Gasteiger partial charge in [0.15, 0.2) is 0 Å². The van der Waals surface area contributed by atoms with Gasteiger partial charge in [-0.2, -0.15) is 0 Å². The quantitative estimate of drug-likeness (QED) is 0.753. The van der Waals surface area contributed by atoms with E-state index >= 15 is 0 Å². The normalized spacial score (nSPS) is 10.5. The SMILES string of the molecule is Cc1ccc(COc2ccccc2C[NH2+]CCO)cc1. The van der Waals surface area contributed by atoms with E-state index < -0.39 is 0 Å². The molecule has 0 amide bonds. The molecule has 0 atom stereocenters. The van der Waals surface area contributed by atoms with Crippen molar-refractivity contribution >= 4 is 0 Å². The molecule has 3 nitrogen and oxygen atoms in total. The van der Waals surface area contributed by atoms with Crippen LogP contribution in [0, 0.1) is 6.92 Å². The maximum Gasteiger partial charge on any atom is 0.128 e. The highest BCUT2D eigenvalue weighted by molar-refractivity contribution is 5.33. The molecule has 3 heteroatoms. The number of para-hydroxylation sites is 1. The molecule has 106 valence electrons. The minimum Gasteiger partial charge on any atom is -0.488 e. The molecule has 0 radical (unpaired) electrons. The van der Waals surface area contributed by atoms with Gasteiger partial charge < -0.3 is 15.2 Å². The van der Waals surface area contributed by atoms with Gasteiger partial charge in [-0.15, -0.1) is 0 Å². The average Bonchev–Trinajstić information content (AvgIpc) is 2.48. The maximum absolute atomic E-state index is 8.83. The number of aryl methyl sites for hydroxylation is 1. The lowest BCUT2D eigenvalue weighted by Gasteiger charge is -2.11. The van der Waals surface area contributed by atoms with Gasteiger partial charge in [0.05, 0.1) is 13.2 Å². The standard InChI is InChI=1S/C17H21NO2/c1-14-6-8-15(9-7-14)13-20-17-5-3-2-4-16(17)12-18-10-11-19/h2-9,18-19H,10-13H2,1H3/p+1. The van der Waals surface area contributed by atoms with E-state index in [2.05, 4.69) is 42.6 Å². The zero-order chi connectivity index (χ0) is 14.2. The van der Waals surface area contributed by atoms with E-state index in [1.807, 2.05) is 18.2 Å². The van der Waals surface area contributed by atoms with Crippen molar-refractivity contribution in [2.24, 2.45) is 0 Å². The highest BCUT2D eigenvalue weighted by Crippen LogP contribution is 2.18. The molecule has 2 aromatic carbocycles. The van der Waals surface area contributed by atoms with Crippen LogP contribution in [0.15, 0.2) is 48.5 Å². The Hall–Kier alpha value is -1.84. The van der Waals surface area contributed by atoms with Crippen LogP contribution < -0.4 is 10.1 Å². The predicted molar refractivity (Wildman–Crippen MR) is 79.5 cm³/mol. The molecule has 0 aromatic heterocycles. The third-order valence-electron chi connectivity index (χ3n) is 3.19. The summed E-state index contributed by atoms with van der Waals surface area (Å²) in [6.45, 7) is 4.40. The molecule has 20 heavy (non-hydrogen) atoms. The smallest absolute Gasteiger partial charge is 0.128 e. The lowest BCUT2D eigenvalue weighted by molar-refractivity contribution is -0.671. The number of benzene rings is 2. The van der Waals surface area contributed by atoms with Crippen LogP contribution in [-0.2, 0) is 13.2 Å². The molecule has 0 fully saturated rings. The van der Waals surface area contributed by atoms with Gasteiger partial charge >= 0.3 is 0 Å². The minimum absolute atomic E-state index is 0.201. The number of quaternary nitrogens is 1. The molecule has 0 bridgehead atoms. The van der Waals surface area contributed by atoms with Gasteiger partial charge in [-0.25, -0.2) is 0 Å². The summed E-state index contributed by atoms with van der Waals surface area (Å²) in [5, 5.41) is 10.9. The van der Waals surface area contributed by atoms with Crippen molar-refractivity contribution in [2.45, 2.75) is 20.1 Å². The van der Waals surface area contributed by atoms with Gasteiger partial charge in [-0.05, 0) is 24.6 Å². The number of ether oxygens (including phenoxy) is 1. The van der Waals surface area contributed by atoms with Crippen LogP contribution in [-0.4, -0.2) is 18.3 Å². The predicted octanol–water partition coefficient (Wildman–Crippen LogP) is 1.63. The third kappa shape index (κ3) is 4.37. The van der Waals surface area contributed by atoms with E-state index in [0.717, 1.165) is 17.9 Å².